The lowest BCUT2D eigenvalue weighted by molar-refractivity contribution is 0.0697. The number of nitrogens with one attached hydrogen (secondary N) is 2. The SMILES string of the molecule is CNc1c(C(=O)O)ccc2c1C(C)(C)NS2(=O)=O. The second kappa shape index (κ2) is 3.69. The zero-order valence-electron chi connectivity index (χ0n) is 10.2. The molecule has 98 valence electrons. The maximum atomic E-state index is 11.9. The highest BCUT2D eigenvalue weighted by Crippen LogP contribution is 2.41. The lowest BCUT2D eigenvalue weighted by Gasteiger charge is -2.21. The summed E-state index contributed by atoms with van der Waals surface area (Å²) >= 11 is 0. The normalized spacial score (nSPS) is 19.3. The van der Waals surface area contributed by atoms with Gasteiger partial charge < -0.3 is 10.4 Å². The van der Waals surface area contributed by atoms with Crippen LogP contribution >= 0.6 is 0 Å². The van der Waals surface area contributed by atoms with Gasteiger partial charge in [-0.2, -0.15) is 0 Å². The zero-order chi connectivity index (χ0) is 13.7. The molecule has 0 unspecified atom stereocenters. The summed E-state index contributed by atoms with van der Waals surface area (Å²) in [5, 5.41) is 11.9. The third-order valence-corrected chi connectivity index (χ3v) is 4.65. The topological polar surface area (TPSA) is 95.5 Å². The summed E-state index contributed by atoms with van der Waals surface area (Å²) in [5.74, 6) is -1.10. The Morgan fingerprint density at radius 1 is 1.39 bits per heavy atom. The molecule has 1 aromatic rings. The fourth-order valence-electron chi connectivity index (χ4n) is 2.31. The number of hydrogen-bond acceptors (Lipinski definition) is 4. The molecule has 3 N–H and O–H groups in total. The molecule has 0 radical (unpaired) electrons. The van der Waals surface area contributed by atoms with Crippen LogP contribution in [0.2, 0.25) is 0 Å². The van der Waals surface area contributed by atoms with Gasteiger partial charge in [-0.05, 0) is 26.0 Å². The fraction of sp³-hybridized carbons (Fsp3) is 0.364. The van der Waals surface area contributed by atoms with Crippen LogP contribution in [0.4, 0.5) is 5.69 Å². The van der Waals surface area contributed by atoms with E-state index in [1.807, 2.05) is 0 Å². The Morgan fingerprint density at radius 3 is 2.50 bits per heavy atom. The highest BCUT2D eigenvalue weighted by molar-refractivity contribution is 7.89. The first-order chi connectivity index (χ1) is 8.20. The third-order valence-electron chi connectivity index (χ3n) is 2.95. The second-order valence-electron chi connectivity index (χ2n) is 4.65. The Kier molecular flexibility index (Phi) is 2.64. The number of fused-ring (bicyclic) bond motifs is 1. The summed E-state index contributed by atoms with van der Waals surface area (Å²) in [4.78, 5) is 11.3. The molecule has 1 aromatic carbocycles. The van der Waals surface area contributed by atoms with Gasteiger partial charge in [0.25, 0.3) is 0 Å². The van der Waals surface area contributed by atoms with E-state index < -0.39 is 21.5 Å². The predicted octanol–water partition coefficient (Wildman–Crippen LogP) is 0.953. The Balaban J connectivity index is 2.88. The molecule has 0 spiro atoms. The van der Waals surface area contributed by atoms with Crippen LogP contribution in [0.1, 0.15) is 29.8 Å². The Bertz CT molecular complexity index is 635. The Labute approximate surface area is 105 Å². The molecule has 0 fully saturated rings. The molecule has 1 aliphatic heterocycles. The number of carboxylic acid groups (broad SMARTS) is 1. The number of anilines is 1. The highest BCUT2D eigenvalue weighted by atomic mass is 32.2. The number of hydrogen-bond donors (Lipinski definition) is 3. The molecular formula is C11H14N2O4S. The molecule has 1 aliphatic rings. The molecular weight excluding hydrogens is 256 g/mol. The van der Waals surface area contributed by atoms with Crippen LogP contribution in [-0.2, 0) is 15.6 Å². The van der Waals surface area contributed by atoms with Crippen molar-refractivity contribution in [1.82, 2.24) is 4.72 Å². The average molecular weight is 270 g/mol. The van der Waals surface area contributed by atoms with E-state index in [-0.39, 0.29) is 10.5 Å². The van der Waals surface area contributed by atoms with Gasteiger partial charge >= 0.3 is 5.97 Å². The van der Waals surface area contributed by atoms with Gasteiger partial charge in [0.1, 0.15) is 0 Å². The van der Waals surface area contributed by atoms with Crippen molar-refractivity contribution >= 4 is 21.7 Å². The number of aromatic carboxylic acids is 1. The van der Waals surface area contributed by atoms with E-state index in [9.17, 15) is 13.2 Å². The minimum atomic E-state index is -3.57. The molecule has 0 bridgehead atoms. The molecule has 7 heteroatoms. The van der Waals surface area contributed by atoms with Crippen LogP contribution in [0.3, 0.4) is 0 Å². The standard InChI is InChI=1S/C11H14N2O4S/c1-11(2)8-7(18(16,17)13-11)5-4-6(10(14)15)9(8)12-3/h4-5,12-13H,1-3H3,(H,14,15). The molecule has 0 saturated heterocycles. The first-order valence-corrected chi connectivity index (χ1v) is 6.81. The lowest BCUT2D eigenvalue weighted by Crippen LogP contribution is -2.33. The molecule has 2 rings (SSSR count). The van der Waals surface area contributed by atoms with Gasteiger partial charge in [0.2, 0.25) is 10.0 Å². The summed E-state index contributed by atoms with van der Waals surface area (Å²) in [7, 11) is -2.00. The van der Waals surface area contributed by atoms with E-state index in [0.717, 1.165) is 0 Å². The Hall–Kier alpha value is -1.60. The molecule has 6 nitrogen and oxygen atoms in total. The summed E-state index contributed by atoms with van der Waals surface area (Å²) in [6.45, 7) is 3.39. The smallest absolute Gasteiger partial charge is 0.337 e. The van der Waals surface area contributed by atoms with Gasteiger partial charge in [-0.1, -0.05) is 0 Å². The maximum Gasteiger partial charge on any atom is 0.337 e. The monoisotopic (exact) mass is 270 g/mol. The maximum absolute atomic E-state index is 11.9. The van der Waals surface area contributed by atoms with Crippen LogP contribution in [0.15, 0.2) is 17.0 Å². The van der Waals surface area contributed by atoms with Gasteiger partial charge in [0.05, 0.1) is 21.7 Å². The minimum absolute atomic E-state index is 0.0585. The van der Waals surface area contributed by atoms with Crippen molar-refractivity contribution in [1.29, 1.82) is 0 Å². The van der Waals surface area contributed by atoms with Gasteiger partial charge in [-0.3, -0.25) is 0 Å². The molecule has 0 atom stereocenters. The highest BCUT2D eigenvalue weighted by Gasteiger charge is 2.42. The molecule has 0 aromatic heterocycles. The number of rotatable bonds is 2. The van der Waals surface area contributed by atoms with Crippen LogP contribution in [0.25, 0.3) is 0 Å². The van der Waals surface area contributed by atoms with Crippen LogP contribution in [0, 0.1) is 0 Å². The quantitative estimate of drug-likeness (QED) is 0.743. The molecule has 0 saturated carbocycles. The van der Waals surface area contributed by atoms with Gasteiger partial charge in [-0.15, -0.1) is 0 Å². The zero-order valence-corrected chi connectivity index (χ0v) is 11.1. The lowest BCUT2D eigenvalue weighted by atomic mass is 9.91. The molecule has 18 heavy (non-hydrogen) atoms. The molecule has 1 heterocycles. The summed E-state index contributed by atoms with van der Waals surface area (Å²) in [6, 6.07) is 2.63. The average Bonchev–Trinajstić information content (AvgIpc) is 2.43. The predicted molar refractivity (Wildman–Crippen MR) is 66.3 cm³/mol. The fourth-order valence-corrected chi connectivity index (χ4v) is 4.06. The van der Waals surface area contributed by atoms with E-state index in [0.29, 0.717) is 11.3 Å². The van der Waals surface area contributed by atoms with Crippen molar-refractivity contribution in [2.75, 3.05) is 12.4 Å². The number of carbonyl (C=O) groups is 1. The van der Waals surface area contributed by atoms with Gasteiger partial charge in [0, 0.05) is 12.6 Å². The number of benzene rings is 1. The van der Waals surface area contributed by atoms with E-state index >= 15 is 0 Å². The van der Waals surface area contributed by atoms with E-state index in [1.165, 1.54) is 12.1 Å². The summed E-state index contributed by atoms with van der Waals surface area (Å²) in [6.07, 6.45) is 0. The van der Waals surface area contributed by atoms with Gasteiger partial charge in [-0.25, -0.2) is 17.9 Å². The van der Waals surface area contributed by atoms with E-state index in [2.05, 4.69) is 10.0 Å². The first-order valence-electron chi connectivity index (χ1n) is 5.33. The molecule has 0 amide bonds. The number of carboxylic acids is 1. The van der Waals surface area contributed by atoms with Gasteiger partial charge in [0.15, 0.2) is 0 Å². The molecule has 0 aliphatic carbocycles. The first kappa shape index (κ1) is 12.8. The van der Waals surface area contributed by atoms with Crippen LogP contribution in [0.5, 0.6) is 0 Å². The largest absolute Gasteiger partial charge is 0.478 e. The van der Waals surface area contributed by atoms with Crippen molar-refractivity contribution in [3.63, 3.8) is 0 Å². The minimum Gasteiger partial charge on any atom is -0.478 e. The third kappa shape index (κ3) is 1.67. The van der Waals surface area contributed by atoms with Crippen LogP contribution in [-0.4, -0.2) is 26.5 Å². The van der Waals surface area contributed by atoms with Crippen molar-refractivity contribution < 1.29 is 18.3 Å². The summed E-state index contributed by atoms with van der Waals surface area (Å²) in [5.41, 5.74) is 0.0181. The van der Waals surface area contributed by atoms with E-state index in [1.54, 1.807) is 20.9 Å². The van der Waals surface area contributed by atoms with Crippen LogP contribution < -0.4 is 10.0 Å². The second-order valence-corrected chi connectivity index (χ2v) is 6.30. The summed E-state index contributed by atoms with van der Waals surface area (Å²) < 4.78 is 26.4. The Morgan fingerprint density at radius 2 is 2.00 bits per heavy atom. The van der Waals surface area contributed by atoms with E-state index in [4.69, 9.17) is 5.11 Å². The number of sulfonamides is 1. The van der Waals surface area contributed by atoms with Crippen molar-refractivity contribution in [3.05, 3.63) is 23.3 Å². The van der Waals surface area contributed by atoms with Crippen molar-refractivity contribution in [2.45, 2.75) is 24.3 Å². The van der Waals surface area contributed by atoms with Crippen molar-refractivity contribution in [2.24, 2.45) is 0 Å². The van der Waals surface area contributed by atoms with Crippen molar-refractivity contribution in [3.8, 4) is 0 Å².